The Balaban J connectivity index is 4.50. The quantitative estimate of drug-likeness (QED) is 0.0262. The Hall–Kier alpha value is -3.41. The number of allylic oxidation sites excluding steroid dienone is 14. The molecule has 0 fully saturated rings. The second-order valence-corrected chi connectivity index (χ2v) is 19.2. The number of hydrogen-bond donors (Lipinski definition) is 0. The third-order valence-electron chi connectivity index (χ3n) is 12.4. The lowest BCUT2D eigenvalue weighted by Crippen LogP contribution is -2.30. The Bertz CT molecular complexity index is 1330. The minimum atomic E-state index is -0.821. The van der Waals surface area contributed by atoms with Crippen molar-refractivity contribution in [3.63, 3.8) is 0 Å². The zero-order chi connectivity index (χ0) is 50.0. The van der Waals surface area contributed by atoms with E-state index < -0.39 is 12.1 Å². The maximum atomic E-state index is 12.8. The molecule has 0 bridgehead atoms. The highest BCUT2D eigenvalue weighted by Gasteiger charge is 2.19. The SMILES string of the molecule is CCCCC/C=C\C/C=C\C/C=C\C/C=C\C/C=C\CCC(=O)O[C@H](COC(=O)CCCCCCC/C=C\C/C=C\CCCCC)COC(=O)CCCCCCCCCCCCCCCCCCC. The highest BCUT2D eigenvalue weighted by molar-refractivity contribution is 5.71. The molecule has 0 unspecified atom stereocenters. The van der Waals surface area contributed by atoms with E-state index in [1.807, 2.05) is 6.08 Å². The van der Waals surface area contributed by atoms with Crippen molar-refractivity contribution in [2.75, 3.05) is 13.2 Å². The standard InChI is InChI=1S/C63H108O6/c1-4-7-10-13-16-19-22-25-28-30-31-33-36-39-42-45-48-51-54-57-63(66)69-60(58-67-61(64)55-52-49-46-43-40-37-34-27-24-21-18-15-12-9-6-3)59-68-62(65)56-53-50-47-44-41-38-35-32-29-26-23-20-17-14-11-8-5-2/h16,18-19,21,25,27-28,31,33-34,39,42,48,51,60H,4-15,17,20,22-24,26,29-30,32,35-38,40-41,43-47,49-50,52-59H2,1-3H3/b19-16-,21-18-,28-25-,33-31-,34-27-,42-39-,51-48-/t60-/m1/s1. The molecule has 6 nitrogen and oxygen atoms in total. The first kappa shape index (κ1) is 65.6. The molecule has 0 radical (unpaired) electrons. The average Bonchev–Trinajstić information content (AvgIpc) is 3.35. The molecule has 396 valence electrons. The van der Waals surface area contributed by atoms with Crippen LogP contribution in [0.5, 0.6) is 0 Å². The summed E-state index contributed by atoms with van der Waals surface area (Å²) in [6.07, 6.45) is 74.4. The Labute approximate surface area is 426 Å². The van der Waals surface area contributed by atoms with E-state index in [0.29, 0.717) is 19.3 Å². The van der Waals surface area contributed by atoms with Crippen molar-refractivity contribution in [1.29, 1.82) is 0 Å². The molecule has 0 aromatic heterocycles. The van der Waals surface area contributed by atoms with Gasteiger partial charge in [0.05, 0.1) is 0 Å². The van der Waals surface area contributed by atoms with Gasteiger partial charge in [0.15, 0.2) is 6.10 Å². The highest BCUT2D eigenvalue weighted by Crippen LogP contribution is 2.15. The van der Waals surface area contributed by atoms with Gasteiger partial charge in [0.1, 0.15) is 13.2 Å². The Morgan fingerprint density at radius 2 is 0.551 bits per heavy atom. The number of carbonyl (C=O) groups excluding carboxylic acids is 3. The average molecular weight is 962 g/mol. The maximum absolute atomic E-state index is 12.8. The van der Waals surface area contributed by atoms with Gasteiger partial charge in [-0.3, -0.25) is 14.4 Å². The molecule has 0 saturated carbocycles. The molecule has 0 aromatic rings. The molecule has 0 aliphatic carbocycles. The van der Waals surface area contributed by atoms with Crippen LogP contribution in [0.3, 0.4) is 0 Å². The van der Waals surface area contributed by atoms with Crippen LogP contribution >= 0.6 is 0 Å². The number of hydrogen-bond acceptors (Lipinski definition) is 6. The van der Waals surface area contributed by atoms with Crippen LogP contribution in [-0.2, 0) is 28.6 Å². The van der Waals surface area contributed by atoms with E-state index in [0.717, 1.165) is 89.9 Å². The molecule has 0 aromatic carbocycles. The first-order chi connectivity index (χ1) is 34.0. The van der Waals surface area contributed by atoms with Crippen LogP contribution in [0.4, 0.5) is 0 Å². The van der Waals surface area contributed by atoms with Crippen LogP contribution in [0.15, 0.2) is 85.1 Å². The van der Waals surface area contributed by atoms with Crippen LogP contribution in [0.25, 0.3) is 0 Å². The van der Waals surface area contributed by atoms with Crippen molar-refractivity contribution in [2.24, 2.45) is 0 Å². The third-order valence-corrected chi connectivity index (χ3v) is 12.4. The number of ether oxygens (including phenoxy) is 3. The summed E-state index contributed by atoms with van der Waals surface area (Å²) in [5, 5.41) is 0. The molecular weight excluding hydrogens is 853 g/mol. The van der Waals surface area contributed by atoms with E-state index in [9.17, 15) is 14.4 Å². The summed E-state index contributed by atoms with van der Waals surface area (Å²) in [6.45, 7) is 6.53. The summed E-state index contributed by atoms with van der Waals surface area (Å²) in [7, 11) is 0. The Kier molecular flexibility index (Phi) is 54.3. The van der Waals surface area contributed by atoms with E-state index >= 15 is 0 Å². The number of esters is 3. The van der Waals surface area contributed by atoms with Gasteiger partial charge in [-0.2, -0.15) is 0 Å². The number of unbranched alkanes of at least 4 members (excludes halogenated alkanes) is 27. The monoisotopic (exact) mass is 961 g/mol. The molecule has 6 heteroatoms. The molecule has 0 aliphatic heterocycles. The normalized spacial score (nSPS) is 12.7. The predicted octanol–water partition coefficient (Wildman–Crippen LogP) is 19.5. The van der Waals surface area contributed by atoms with E-state index in [2.05, 4.69) is 99.8 Å². The van der Waals surface area contributed by atoms with E-state index in [1.54, 1.807) is 0 Å². The first-order valence-corrected chi connectivity index (χ1v) is 29.1. The molecule has 0 spiro atoms. The lowest BCUT2D eigenvalue weighted by molar-refractivity contribution is -0.166. The number of rotatable bonds is 52. The van der Waals surface area contributed by atoms with Gasteiger partial charge < -0.3 is 14.2 Å². The Morgan fingerprint density at radius 3 is 0.899 bits per heavy atom. The minimum absolute atomic E-state index is 0.109. The molecule has 0 amide bonds. The molecule has 0 rings (SSSR count). The van der Waals surface area contributed by atoms with Gasteiger partial charge in [-0.05, 0) is 89.9 Å². The van der Waals surface area contributed by atoms with Gasteiger partial charge in [-0.1, -0.05) is 254 Å². The van der Waals surface area contributed by atoms with Gasteiger partial charge >= 0.3 is 17.9 Å². The van der Waals surface area contributed by atoms with Crippen molar-refractivity contribution >= 4 is 17.9 Å². The summed E-state index contributed by atoms with van der Waals surface area (Å²) in [5.41, 5.74) is 0. The van der Waals surface area contributed by atoms with E-state index in [4.69, 9.17) is 14.2 Å². The maximum Gasteiger partial charge on any atom is 0.306 e. The van der Waals surface area contributed by atoms with Gasteiger partial charge in [0, 0.05) is 19.3 Å². The molecule has 0 aliphatic rings. The lowest BCUT2D eigenvalue weighted by Gasteiger charge is -2.18. The lowest BCUT2D eigenvalue weighted by atomic mass is 10.0. The van der Waals surface area contributed by atoms with Gasteiger partial charge in [0.2, 0.25) is 0 Å². The fourth-order valence-electron chi connectivity index (χ4n) is 7.99. The minimum Gasteiger partial charge on any atom is -0.462 e. The van der Waals surface area contributed by atoms with Gasteiger partial charge in [0.25, 0.3) is 0 Å². The first-order valence-electron chi connectivity index (χ1n) is 29.1. The zero-order valence-electron chi connectivity index (χ0n) is 45.3. The third kappa shape index (κ3) is 55.4. The van der Waals surface area contributed by atoms with E-state index in [-0.39, 0.29) is 31.6 Å². The topological polar surface area (TPSA) is 78.9 Å². The fourth-order valence-corrected chi connectivity index (χ4v) is 7.99. The summed E-state index contributed by atoms with van der Waals surface area (Å²) in [4.78, 5) is 38.1. The molecule has 1 atom stereocenters. The molecule has 0 N–H and O–H groups in total. The summed E-state index contributed by atoms with van der Waals surface area (Å²) >= 11 is 0. The highest BCUT2D eigenvalue weighted by atomic mass is 16.6. The molecule has 69 heavy (non-hydrogen) atoms. The van der Waals surface area contributed by atoms with Crippen LogP contribution in [0.1, 0.15) is 278 Å². The van der Waals surface area contributed by atoms with Crippen LogP contribution in [0, 0.1) is 0 Å². The molecular formula is C63H108O6. The van der Waals surface area contributed by atoms with Crippen LogP contribution in [0.2, 0.25) is 0 Å². The summed E-state index contributed by atoms with van der Waals surface area (Å²) < 4.78 is 16.8. The largest absolute Gasteiger partial charge is 0.462 e. The van der Waals surface area contributed by atoms with E-state index in [1.165, 1.54) is 141 Å². The van der Waals surface area contributed by atoms with Gasteiger partial charge in [-0.25, -0.2) is 0 Å². The second kappa shape index (κ2) is 57.2. The van der Waals surface area contributed by atoms with Crippen molar-refractivity contribution in [3.05, 3.63) is 85.1 Å². The van der Waals surface area contributed by atoms with Crippen molar-refractivity contribution < 1.29 is 28.6 Å². The smallest absolute Gasteiger partial charge is 0.306 e. The summed E-state index contributed by atoms with van der Waals surface area (Å²) in [6, 6.07) is 0. The van der Waals surface area contributed by atoms with Crippen molar-refractivity contribution in [3.8, 4) is 0 Å². The predicted molar refractivity (Wildman–Crippen MR) is 297 cm³/mol. The molecule has 0 saturated heterocycles. The fraction of sp³-hybridized carbons (Fsp3) is 0.730. The second-order valence-electron chi connectivity index (χ2n) is 19.2. The summed E-state index contributed by atoms with van der Waals surface area (Å²) in [5.74, 6) is -0.999. The van der Waals surface area contributed by atoms with Crippen molar-refractivity contribution in [2.45, 2.75) is 284 Å². The van der Waals surface area contributed by atoms with Crippen LogP contribution < -0.4 is 0 Å². The number of carbonyl (C=O) groups is 3. The van der Waals surface area contributed by atoms with Crippen molar-refractivity contribution in [1.82, 2.24) is 0 Å². The zero-order valence-corrected chi connectivity index (χ0v) is 45.3. The van der Waals surface area contributed by atoms with Gasteiger partial charge in [-0.15, -0.1) is 0 Å². The Morgan fingerprint density at radius 1 is 0.290 bits per heavy atom. The molecule has 0 heterocycles. The van der Waals surface area contributed by atoms with Crippen LogP contribution in [-0.4, -0.2) is 37.2 Å².